The number of amides is 1. The number of aromatic nitrogens is 1. The average Bonchev–Trinajstić information content (AvgIpc) is 2.43. The number of nitro groups is 1. The second-order valence-corrected chi connectivity index (χ2v) is 4.75. The third-order valence-corrected chi connectivity index (χ3v) is 2.99. The molecule has 21 heavy (non-hydrogen) atoms. The lowest BCUT2D eigenvalue weighted by atomic mass is 10.2. The molecule has 0 saturated carbocycles. The Kier molecular flexibility index (Phi) is 4.22. The summed E-state index contributed by atoms with van der Waals surface area (Å²) in [4.78, 5) is 25.1. The van der Waals surface area contributed by atoms with E-state index in [0.29, 0.717) is 4.47 Å². The van der Waals surface area contributed by atoms with Gasteiger partial charge in [-0.05, 0) is 18.2 Å². The first-order valence-electron chi connectivity index (χ1n) is 5.45. The van der Waals surface area contributed by atoms with Gasteiger partial charge in [-0.1, -0.05) is 15.9 Å². The number of carbonyl (C=O) groups excluding carboxylic acids is 1. The van der Waals surface area contributed by atoms with Gasteiger partial charge in [0, 0.05) is 16.7 Å². The zero-order chi connectivity index (χ0) is 15.6. The number of halogens is 3. The van der Waals surface area contributed by atoms with Crippen LogP contribution in [0.1, 0.15) is 10.4 Å². The molecule has 0 aliphatic carbocycles. The molecule has 1 heterocycles. The van der Waals surface area contributed by atoms with Crippen LogP contribution in [-0.2, 0) is 0 Å². The van der Waals surface area contributed by atoms with Gasteiger partial charge in [-0.2, -0.15) is 4.39 Å². The van der Waals surface area contributed by atoms with Gasteiger partial charge in [0.1, 0.15) is 5.69 Å². The number of carbonyl (C=O) groups is 1. The van der Waals surface area contributed by atoms with Crippen LogP contribution < -0.4 is 5.32 Å². The predicted molar refractivity (Wildman–Crippen MR) is 72.9 cm³/mol. The molecule has 0 aliphatic heterocycles. The van der Waals surface area contributed by atoms with Crippen LogP contribution in [-0.4, -0.2) is 15.8 Å². The lowest BCUT2D eigenvalue weighted by molar-refractivity contribution is -0.384. The Morgan fingerprint density at radius 1 is 1.33 bits per heavy atom. The van der Waals surface area contributed by atoms with Crippen LogP contribution >= 0.6 is 15.9 Å². The molecule has 1 aromatic carbocycles. The predicted octanol–water partition coefficient (Wildman–Crippen LogP) is 3.28. The van der Waals surface area contributed by atoms with Crippen molar-refractivity contribution in [2.24, 2.45) is 0 Å². The second-order valence-electron chi connectivity index (χ2n) is 3.84. The Morgan fingerprint density at radius 3 is 2.71 bits per heavy atom. The number of nitrogens with zero attached hydrogens (tertiary/aromatic N) is 2. The summed E-state index contributed by atoms with van der Waals surface area (Å²) in [5, 5.41) is 13.1. The van der Waals surface area contributed by atoms with Gasteiger partial charge < -0.3 is 5.32 Å². The fraction of sp³-hybridized carbons (Fsp3) is 0. The summed E-state index contributed by atoms with van der Waals surface area (Å²) < 4.78 is 26.8. The molecule has 0 spiro atoms. The fourth-order valence-electron chi connectivity index (χ4n) is 1.54. The van der Waals surface area contributed by atoms with E-state index in [1.807, 2.05) is 0 Å². The molecule has 2 rings (SSSR count). The first-order chi connectivity index (χ1) is 9.90. The maximum absolute atomic E-state index is 13.4. The minimum atomic E-state index is -1.42. The number of benzene rings is 1. The average molecular weight is 358 g/mol. The van der Waals surface area contributed by atoms with Crippen molar-refractivity contribution >= 4 is 33.2 Å². The van der Waals surface area contributed by atoms with E-state index in [1.165, 1.54) is 18.2 Å². The fourth-order valence-corrected chi connectivity index (χ4v) is 1.89. The van der Waals surface area contributed by atoms with Crippen LogP contribution in [0.2, 0.25) is 0 Å². The highest BCUT2D eigenvalue weighted by Crippen LogP contribution is 2.28. The standard InChI is InChI=1S/C12H6BrF2N3O3/c13-6-1-2-8(9(5-6)18(20)21)17-12(19)7-3-4-16-11(15)10(7)14/h1-5H,(H,17,19). The van der Waals surface area contributed by atoms with Gasteiger partial charge in [-0.3, -0.25) is 14.9 Å². The summed E-state index contributed by atoms with van der Waals surface area (Å²) in [7, 11) is 0. The lowest BCUT2D eigenvalue weighted by Crippen LogP contribution is -2.16. The van der Waals surface area contributed by atoms with Crippen LogP contribution in [0, 0.1) is 21.9 Å². The lowest BCUT2D eigenvalue weighted by Gasteiger charge is -2.07. The van der Waals surface area contributed by atoms with E-state index >= 15 is 0 Å². The number of nitro benzene ring substituents is 1. The molecule has 0 bridgehead atoms. The van der Waals surface area contributed by atoms with Crippen LogP contribution in [0.5, 0.6) is 0 Å². The molecule has 9 heteroatoms. The molecular weight excluding hydrogens is 352 g/mol. The molecule has 1 amide bonds. The van der Waals surface area contributed by atoms with E-state index in [0.717, 1.165) is 12.3 Å². The van der Waals surface area contributed by atoms with Gasteiger partial charge in [0.15, 0.2) is 5.82 Å². The van der Waals surface area contributed by atoms with Crippen molar-refractivity contribution in [2.45, 2.75) is 0 Å². The molecule has 1 N–H and O–H groups in total. The van der Waals surface area contributed by atoms with E-state index in [4.69, 9.17) is 0 Å². The van der Waals surface area contributed by atoms with Gasteiger partial charge in [0.25, 0.3) is 11.6 Å². The maximum atomic E-state index is 13.4. The van der Waals surface area contributed by atoms with Crippen LogP contribution in [0.25, 0.3) is 0 Å². The van der Waals surface area contributed by atoms with Crippen LogP contribution in [0.4, 0.5) is 20.2 Å². The van der Waals surface area contributed by atoms with Gasteiger partial charge >= 0.3 is 0 Å². The monoisotopic (exact) mass is 357 g/mol. The normalized spacial score (nSPS) is 10.2. The Labute approximate surface area is 125 Å². The van der Waals surface area contributed by atoms with Crippen LogP contribution in [0.15, 0.2) is 34.9 Å². The molecule has 0 radical (unpaired) electrons. The van der Waals surface area contributed by atoms with E-state index in [-0.39, 0.29) is 11.4 Å². The molecule has 6 nitrogen and oxygen atoms in total. The summed E-state index contributed by atoms with van der Waals surface area (Å²) >= 11 is 3.06. The highest BCUT2D eigenvalue weighted by Gasteiger charge is 2.20. The number of hydrogen-bond donors (Lipinski definition) is 1. The van der Waals surface area contributed by atoms with Gasteiger partial charge in [-0.25, -0.2) is 9.37 Å². The second kappa shape index (κ2) is 5.92. The van der Waals surface area contributed by atoms with Crippen molar-refractivity contribution in [3.05, 3.63) is 62.4 Å². The summed E-state index contributed by atoms with van der Waals surface area (Å²) in [6.45, 7) is 0. The minimum Gasteiger partial charge on any atom is -0.316 e. The van der Waals surface area contributed by atoms with Gasteiger partial charge in [0.05, 0.1) is 10.5 Å². The summed E-state index contributed by atoms with van der Waals surface area (Å²) in [6.07, 6.45) is 0.920. The highest BCUT2D eigenvalue weighted by molar-refractivity contribution is 9.10. The van der Waals surface area contributed by atoms with Crippen molar-refractivity contribution < 1.29 is 18.5 Å². The minimum absolute atomic E-state index is 0.134. The smallest absolute Gasteiger partial charge is 0.293 e. The number of nitrogens with one attached hydrogen (secondary N) is 1. The molecule has 0 unspecified atom stereocenters. The first kappa shape index (κ1) is 15.0. The zero-order valence-corrected chi connectivity index (χ0v) is 11.7. The Bertz CT molecular complexity index is 740. The molecule has 2 aromatic rings. The summed E-state index contributed by atoms with van der Waals surface area (Å²) in [6, 6.07) is 4.89. The quantitative estimate of drug-likeness (QED) is 0.518. The topological polar surface area (TPSA) is 85.1 Å². The van der Waals surface area contributed by atoms with Gasteiger partial charge in [0.2, 0.25) is 5.95 Å². The SMILES string of the molecule is O=C(Nc1ccc(Br)cc1[N+](=O)[O-])c1ccnc(F)c1F. The van der Waals surface area contributed by atoms with Crippen molar-refractivity contribution in [3.63, 3.8) is 0 Å². The molecule has 0 atom stereocenters. The van der Waals surface area contributed by atoms with Crippen molar-refractivity contribution in [1.29, 1.82) is 0 Å². The Balaban J connectivity index is 2.36. The molecular formula is C12H6BrF2N3O3. The molecule has 1 aromatic heterocycles. The van der Waals surface area contributed by atoms with Crippen molar-refractivity contribution in [1.82, 2.24) is 4.98 Å². The molecule has 0 fully saturated rings. The number of hydrogen-bond acceptors (Lipinski definition) is 4. The van der Waals surface area contributed by atoms with E-state index in [1.54, 1.807) is 0 Å². The number of anilines is 1. The third-order valence-electron chi connectivity index (χ3n) is 2.50. The van der Waals surface area contributed by atoms with E-state index in [9.17, 15) is 23.7 Å². The zero-order valence-electron chi connectivity index (χ0n) is 10.1. The number of rotatable bonds is 3. The Hall–Kier alpha value is -2.42. The van der Waals surface area contributed by atoms with Crippen molar-refractivity contribution in [3.8, 4) is 0 Å². The first-order valence-corrected chi connectivity index (χ1v) is 6.24. The maximum Gasteiger partial charge on any atom is 0.293 e. The molecule has 0 aliphatic rings. The molecule has 108 valence electrons. The number of pyridine rings is 1. The summed E-state index contributed by atoms with van der Waals surface area (Å²) in [5.74, 6) is -3.86. The third kappa shape index (κ3) is 3.19. The summed E-state index contributed by atoms with van der Waals surface area (Å²) in [5.41, 5.74) is -1.11. The van der Waals surface area contributed by atoms with Gasteiger partial charge in [-0.15, -0.1) is 0 Å². The highest BCUT2D eigenvalue weighted by atomic mass is 79.9. The van der Waals surface area contributed by atoms with E-state index < -0.39 is 28.2 Å². The molecule has 0 saturated heterocycles. The Morgan fingerprint density at radius 2 is 2.05 bits per heavy atom. The largest absolute Gasteiger partial charge is 0.316 e. The van der Waals surface area contributed by atoms with Crippen LogP contribution in [0.3, 0.4) is 0 Å². The van der Waals surface area contributed by atoms with Crippen molar-refractivity contribution in [2.75, 3.05) is 5.32 Å². The van der Waals surface area contributed by atoms with E-state index in [2.05, 4.69) is 26.2 Å².